The zero-order valence-corrected chi connectivity index (χ0v) is 31.9. The van der Waals surface area contributed by atoms with Crippen LogP contribution >= 0.6 is 0 Å². The van der Waals surface area contributed by atoms with Gasteiger partial charge in [-0.1, -0.05) is 157 Å². The summed E-state index contributed by atoms with van der Waals surface area (Å²) in [5, 5.41) is 2.03. The monoisotopic (exact) mass is 744 g/mol. The third-order valence-electron chi connectivity index (χ3n) is 12.1. The highest BCUT2D eigenvalue weighted by molar-refractivity contribution is 6.06. The molecule has 0 aliphatic heterocycles. The second-order valence-corrected chi connectivity index (χ2v) is 15.2. The molecular weight excluding hydrogens is 713 g/mol. The van der Waals surface area contributed by atoms with E-state index in [9.17, 15) is 0 Å². The van der Waals surface area contributed by atoms with Gasteiger partial charge in [0, 0.05) is 33.0 Å². The van der Waals surface area contributed by atoms with Crippen molar-refractivity contribution in [1.29, 1.82) is 0 Å². The smallest absolute Gasteiger partial charge is 0.135 e. The van der Waals surface area contributed by atoms with Crippen molar-refractivity contribution in [3.8, 4) is 70.6 Å². The molecule has 0 spiro atoms. The summed E-state index contributed by atoms with van der Waals surface area (Å²) in [5.74, 6) is 20.4. The Morgan fingerprint density at radius 1 is 0.356 bits per heavy atom. The largest absolute Gasteiger partial charge is 0.456 e. The highest BCUT2D eigenvalue weighted by Gasteiger charge is 2.45. The molecule has 0 saturated carbocycles. The van der Waals surface area contributed by atoms with Gasteiger partial charge >= 0.3 is 0 Å². The van der Waals surface area contributed by atoms with Gasteiger partial charge in [0.25, 0.3) is 0 Å². The van der Waals surface area contributed by atoms with Gasteiger partial charge in [-0.25, -0.2) is 0 Å². The average molecular weight is 745 g/mol. The Bertz CT molecular complexity index is 3120. The first-order valence-corrected chi connectivity index (χ1v) is 19.7. The molecule has 1 nitrogen and oxygen atoms in total. The summed E-state index contributed by atoms with van der Waals surface area (Å²) in [6.45, 7) is 0. The lowest BCUT2D eigenvalue weighted by molar-refractivity contribution is 0.668. The summed E-state index contributed by atoms with van der Waals surface area (Å²) < 4.78 is 6.63. The molecule has 0 amide bonds. The van der Waals surface area contributed by atoms with Gasteiger partial charge in [0.1, 0.15) is 22.0 Å². The first-order valence-electron chi connectivity index (χ1n) is 19.7. The van der Waals surface area contributed by atoms with Crippen LogP contribution in [0, 0.1) is 48.4 Å². The van der Waals surface area contributed by atoms with Crippen molar-refractivity contribution >= 4 is 21.9 Å². The van der Waals surface area contributed by atoms with E-state index in [0.29, 0.717) is 0 Å². The molecule has 1 heterocycles. The molecule has 0 bridgehead atoms. The maximum atomic E-state index is 6.63. The van der Waals surface area contributed by atoms with Crippen LogP contribution < -0.4 is 0 Å². The lowest BCUT2D eigenvalue weighted by atomic mass is 9.72. The van der Waals surface area contributed by atoms with E-state index in [2.05, 4.69) is 169 Å². The fraction of sp³-hybridized carbons (Fsp3) is 0.0345. The molecule has 11 rings (SSSR count). The second-order valence-electron chi connectivity index (χ2n) is 15.2. The molecule has 1 heteroatoms. The predicted molar refractivity (Wildman–Crippen MR) is 240 cm³/mol. The van der Waals surface area contributed by atoms with Crippen molar-refractivity contribution in [2.24, 2.45) is 0 Å². The molecule has 270 valence electrons. The Labute approximate surface area is 344 Å². The van der Waals surface area contributed by atoms with Gasteiger partial charge in [-0.3, -0.25) is 0 Å². The van der Waals surface area contributed by atoms with Crippen molar-refractivity contribution in [3.63, 3.8) is 0 Å². The zero-order chi connectivity index (χ0) is 39.6. The standard InChI is InChI=1S/C58H32O/c1-3-39-15-13-17-41(35-39)31-33-57(51-23-9-5-19-45(51)46-20-6-10-24-52(46)57)43-27-29-55-49(37-43)50-38-44(28-30-56(50)59-55)58(34-32-42-18-14-16-40(4-2)36-42)53-25-11-7-21-47(53)48-22-8-12-26-54(48)58/h1-2,5-30,35-38H. The van der Waals surface area contributed by atoms with Crippen LogP contribution in [0.1, 0.15) is 55.6 Å². The molecule has 59 heavy (non-hydrogen) atoms. The van der Waals surface area contributed by atoms with Crippen molar-refractivity contribution in [2.75, 3.05) is 0 Å². The molecule has 0 N–H and O–H groups in total. The van der Waals surface area contributed by atoms with E-state index in [1.54, 1.807) is 0 Å². The van der Waals surface area contributed by atoms with Crippen molar-refractivity contribution < 1.29 is 4.42 Å². The van der Waals surface area contributed by atoms with Gasteiger partial charge in [-0.05, 0) is 116 Å². The number of hydrogen-bond donors (Lipinski definition) is 0. The van der Waals surface area contributed by atoms with Gasteiger partial charge in [0.2, 0.25) is 0 Å². The molecule has 0 fully saturated rings. The number of hydrogen-bond acceptors (Lipinski definition) is 1. The number of fused-ring (bicyclic) bond motifs is 9. The van der Waals surface area contributed by atoms with Crippen LogP contribution in [0.15, 0.2) is 186 Å². The van der Waals surface area contributed by atoms with Crippen LogP contribution in [-0.4, -0.2) is 0 Å². The minimum Gasteiger partial charge on any atom is -0.456 e. The first-order chi connectivity index (χ1) is 29.1. The van der Waals surface area contributed by atoms with E-state index in [4.69, 9.17) is 17.3 Å². The van der Waals surface area contributed by atoms with E-state index < -0.39 is 10.8 Å². The van der Waals surface area contributed by atoms with E-state index in [1.165, 1.54) is 22.3 Å². The van der Waals surface area contributed by atoms with Gasteiger partial charge in [0.15, 0.2) is 0 Å². The summed E-state index contributed by atoms with van der Waals surface area (Å²) in [5.41, 5.74) is 14.9. The molecule has 8 aromatic carbocycles. The number of terminal acetylenes is 2. The van der Waals surface area contributed by atoms with Crippen molar-refractivity contribution in [2.45, 2.75) is 10.8 Å². The first kappa shape index (κ1) is 34.1. The second kappa shape index (κ2) is 13.2. The maximum Gasteiger partial charge on any atom is 0.135 e. The number of furan rings is 1. The van der Waals surface area contributed by atoms with Crippen LogP contribution in [0.2, 0.25) is 0 Å². The van der Waals surface area contributed by atoms with Crippen LogP contribution in [0.25, 0.3) is 44.2 Å². The van der Waals surface area contributed by atoms with Gasteiger partial charge in [-0.15, -0.1) is 12.8 Å². The van der Waals surface area contributed by atoms with Crippen LogP contribution in [0.3, 0.4) is 0 Å². The van der Waals surface area contributed by atoms with Gasteiger partial charge in [-0.2, -0.15) is 0 Å². The summed E-state index contributed by atoms with van der Waals surface area (Å²) in [4.78, 5) is 0. The van der Waals surface area contributed by atoms with E-state index >= 15 is 0 Å². The summed E-state index contributed by atoms with van der Waals surface area (Å²) in [6.07, 6.45) is 11.6. The molecule has 0 saturated heterocycles. The Kier molecular flexibility index (Phi) is 7.62. The molecule has 2 aliphatic carbocycles. The Hall–Kier alpha value is -8.20. The highest BCUT2D eigenvalue weighted by Crippen LogP contribution is 2.55. The van der Waals surface area contributed by atoms with Crippen molar-refractivity contribution in [3.05, 3.63) is 238 Å². The Morgan fingerprint density at radius 3 is 1.08 bits per heavy atom. The summed E-state index contributed by atoms with van der Waals surface area (Å²) >= 11 is 0. The fourth-order valence-corrected chi connectivity index (χ4v) is 9.46. The van der Waals surface area contributed by atoms with E-state index in [1.807, 2.05) is 48.5 Å². The summed E-state index contributed by atoms with van der Waals surface area (Å²) in [7, 11) is 0. The Morgan fingerprint density at radius 2 is 0.712 bits per heavy atom. The lowest BCUT2D eigenvalue weighted by Crippen LogP contribution is -2.25. The minimum absolute atomic E-state index is 0.766. The van der Waals surface area contributed by atoms with Gasteiger partial charge < -0.3 is 4.42 Å². The normalized spacial score (nSPS) is 13.4. The molecule has 0 atom stereocenters. The molecule has 1 aromatic heterocycles. The summed E-state index contributed by atoms with van der Waals surface area (Å²) in [6, 6.07) is 63.5. The molecular formula is C58H32O. The third-order valence-corrected chi connectivity index (χ3v) is 12.1. The van der Waals surface area contributed by atoms with Crippen molar-refractivity contribution in [1.82, 2.24) is 0 Å². The lowest BCUT2D eigenvalue weighted by Gasteiger charge is -2.28. The SMILES string of the molecule is C#Cc1cccc(C#CC2(c3ccc4oc5ccc(C6(C#Cc7cccc(C#C)c7)c7ccccc7-c7ccccc76)cc5c4c3)c3ccccc3-c3ccccc32)c1. The predicted octanol–water partition coefficient (Wildman–Crippen LogP) is 12.3. The highest BCUT2D eigenvalue weighted by atomic mass is 16.3. The topological polar surface area (TPSA) is 13.1 Å². The number of benzene rings is 8. The number of rotatable bonds is 2. The minimum atomic E-state index is -0.766. The van der Waals surface area contributed by atoms with Crippen LogP contribution in [0.5, 0.6) is 0 Å². The third kappa shape index (κ3) is 5.07. The quantitative estimate of drug-likeness (QED) is 0.161. The Balaban J connectivity index is 1.17. The zero-order valence-electron chi connectivity index (χ0n) is 31.9. The van der Waals surface area contributed by atoms with Crippen LogP contribution in [0.4, 0.5) is 0 Å². The van der Waals surface area contributed by atoms with E-state index in [-0.39, 0.29) is 0 Å². The van der Waals surface area contributed by atoms with E-state index in [0.717, 1.165) is 77.6 Å². The van der Waals surface area contributed by atoms with Gasteiger partial charge in [0.05, 0.1) is 0 Å². The molecule has 0 unspecified atom stereocenters. The maximum absolute atomic E-state index is 6.63. The fourth-order valence-electron chi connectivity index (χ4n) is 9.46. The van der Waals surface area contributed by atoms with Crippen LogP contribution in [-0.2, 0) is 10.8 Å². The average Bonchev–Trinajstić information content (AvgIpc) is 3.92. The molecule has 2 aliphatic rings. The molecule has 0 radical (unpaired) electrons. The molecule has 9 aromatic rings.